The van der Waals surface area contributed by atoms with Crippen LogP contribution in [0.3, 0.4) is 0 Å². The van der Waals surface area contributed by atoms with Crippen LogP contribution in [-0.2, 0) is 20.9 Å². The second-order valence-electron chi connectivity index (χ2n) is 7.03. The normalized spacial score (nSPS) is 13.5. The lowest BCUT2D eigenvalue weighted by molar-refractivity contribution is -0.00000840. The summed E-state index contributed by atoms with van der Waals surface area (Å²) in [6.07, 6.45) is 4.32. The molecule has 3 aromatic rings. The van der Waals surface area contributed by atoms with Crippen LogP contribution in [0, 0.1) is 6.92 Å². The molecule has 1 N–H and O–H groups in total. The first-order valence-corrected chi connectivity index (χ1v) is 12.7. The van der Waals surface area contributed by atoms with Crippen LogP contribution in [0.25, 0.3) is 0 Å². The van der Waals surface area contributed by atoms with Gasteiger partial charge in [0, 0.05) is 5.56 Å². The molecule has 0 aliphatic rings. The highest BCUT2D eigenvalue weighted by Crippen LogP contribution is 2.36. The van der Waals surface area contributed by atoms with Gasteiger partial charge in [0.15, 0.2) is 5.25 Å². The largest absolute Gasteiger partial charge is 1.00 e. The fraction of sp³-hybridized carbons (Fsp3) is 0.217. The number of halogens is 1. The highest BCUT2D eigenvalue weighted by atomic mass is 127. The number of hydrogen-bond donors (Lipinski definition) is 1. The van der Waals surface area contributed by atoms with Crippen LogP contribution >= 0.6 is 0 Å². The van der Waals surface area contributed by atoms with E-state index in [1.807, 2.05) is 67.6 Å². The molecule has 0 saturated heterocycles. The van der Waals surface area contributed by atoms with Gasteiger partial charge in [-0.25, -0.2) is 8.42 Å². The van der Waals surface area contributed by atoms with Gasteiger partial charge in [0.25, 0.3) is 0 Å². The Morgan fingerprint density at radius 1 is 0.759 bits per heavy atom. The smallest absolute Gasteiger partial charge is 0.241 e. The molecule has 3 aromatic carbocycles. The minimum Gasteiger partial charge on any atom is -1.00 e. The molecule has 3 nitrogen and oxygen atoms in total. The van der Waals surface area contributed by atoms with E-state index < -0.39 is 10.0 Å². The second-order valence-corrected chi connectivity index (χ2v) is 11.0. The van der Waals surface area contributed by atoms with Crippen molar-refractivity contribution in [3.05, 3.63) is 102 Å². The van der Waals surface area contributed by atoms with E-state index in [9.17, 15) is 8.42 Å². The fourth-order valence-corrected chi connectivity index (χ4v) is 6.09. The van der Waals surface area contributed by atoms with E-state index in [1.54, 1.807) is 12.1 Å². The quantitative estimate of drug-likeness (QED) is 0.367. The van der Waals surface area contributed by atoms with Crippen LogP contribution in [0.15, 0.2) is 89.8 Å². The van der Waals surface area contributed by atoms with E-state index in [4.69, 9.17) is 0 Å². The molecule has 0 unspecified atom stereocenters. The molecule has 0 aliphatic carbocycles. The van der Waals surface area contributed by atoms with Crippen molar-refractivity contribution in [1.29, 1.82) is 0 Å². The summed E-state index contributed by atoms with van der Waals surface area (Å²) in [5, 5.41) is 0.0313. The van der Waals surface area contributed by atoms with E-state index in [-0.39, 0.29) is 51.1 Å². The maximum absolute atomic E-state index is 13.2. The minimum absolute atomic E-state index is 0. The van der Waals surface area contributed by atoms with Crippen molar-refractivity contribution < 1.29 is 32.4 Å². The van der Waals surface area contributed by atoms with Crippen molar-refractivity contribution in [1.82, 2.24) is 4.72 Å². The van der Waals surface area contributed by atoms with Gasteiger partial charge in [0.05, 0.1) is 23.4 Å². The third kappa shape index (κ3) is 6.07. The van der Waals surface area contributed by atoms with Gasteiger partial charge in [-0.1, -0.05) is 78.4 Å². The summed E-state index contributed by atoms with van der Waals surface area (Å²) in [5.41, 5.74) is 3.13. The van der Waals surface area contributed by atoms with Gasteiger partial charge in [-0.15, -0.1) is 0 Å². The number of aryl methyl sites for hydroxylation is 1. The lowest BCUT2D eigenvalue weighted by atomic mass is 9.99. The second kappa shape index (κ2) is 10.6. The lowest BCUT2D eigenvalue weighted by Gasteiger charge is -2.26. The Hall–Kier alpha value is -1.35. The number of rotatable bonds is 7. The maximum atomic E-state index is 13.2. The summed E-state index contributed by atoms with van der Waals surface area (Å²) in [5.74, 6) is 0. The predicted molar refractivity (Wildman–Crippen MR) is 119 cm³/mol. The standard InChI is InChI=1S/C23H26NO2S2.HI/c1-18-14-16-21(17-15-18)28(25,26)24-22(19-10-6-4-7-11-19)23(27(2)3)20-12-8-5-9-13-20;/h4-17,22-24H,1-3H3;1H/q+1;/p-1/t22-,23+;/m1./s1. The Labute approximate surface area is 194 Å². The highest BCUT2D eigenvalue weighted by Gasteiger charge is 2.37. The molecule has 0 saturated carbocycles. The van der Waals surface area contributed by atoms with E-state index >= 15 is 0 Å². The average molecular weight is 540 g/mol. The average Bonchev–Trinajstić information content (AvgIpc) is 2.69. The zero-order valence-corrected chi connectivity index (χ0v) is 20.5. The van der Waals surface area contributed by atoms with Crippen LogP contribution < -0.4 is 28.7 Å². The Morgan fingerprint density at radius 3 is 1.72 bits per heavy atom. The Kier molecular flexibility index (Phi) is 8.75. The summed E-state index contributed by atoms with van der Waals surface area (Å²) in [4.78, 5) is 0.290. The first-order chi connectivity index (χ1) is 13.4. The molecule has 0 aliphatic heterocycles. The van der Waals surface area contributed by atoms with Gasteiger partial charge in [0.2, 0.25) is 10.0 Å². The number of hydrogen-bond acceptors (Lipinski definition) is 2. The van der Waals surface area contributed by atoms with Crippen LogP contribution in [0.5, 0.6) is 0 Å². The van der Waals surface area contributed by atoms with Gasteiger partial charge in [-0.05, 0) is 35.5 Å². The summed E-state index contributed by atoms with van der Waals surface area (Å²) < 4.78 is 29.4. The zero-order valence-electron chi connectivity index (χ0n) is 16.7. The van der Waals surface area contributed by atoms with Gasteiger partial charge in [0.1, 0.15) is 0 Å². The molecule has 0 bridgehead atoms. The lowest BCUT2D eigenvalue weighted by Crippen LogP contribution is -3.00. The fourth-order valence-electron chi connectivity index (χ4n) is 3.30. The third-order valence-corrected chi connectivity index (χ3v) is 7.73. The molecule has 29 heavy (non-hydrogen) atoms. The maximum Gasteiger partial charge on any atom is 0.241 e. The van der Waals surface area contributed by atoms with E-state index in [0.717, 1.165) is 16.7 Å². The molecule has 0 heterocycles. The Balaban J connectivity index is 0.00000300. The van der Waals surface area contributed by atoms with Gasteiger partial charge in [-0.3, -0.25) is 0 Å². The SMILES string of the molecule is Cc1ccc(S(=O)(=O)N[C@H](c2ccccc2)[C@H](c2ccccc2)[S+](C)C)cc1.[I-]. The predicted octanol–water partition coefficient (Wildman–Crippen LogP) is 1.64. The van der Waals surface area contributed by atoms with Crippen LogP contribution in [0.4, 0.5) is 0 Å². The van der Waals surface area contributed by atoms with Crippen molar-refractivity contribution in [3.63, 3.8) is 0 Å². The summed E-state index contributed by atoms with van der Waals surface area (Å²) in [6, 6.07) is 26.6. The van der Waals surface area contributed by atoms with E-state index in [2.05, 4.69) is 29.4 Å². The first-order valence-electron chi connectivity index (χ1n) is 9.14. The molecule has 0 radical (unpaired) electrons. The molecule has 6 heteroatoms. The molecule has 2 atom stereocenters. The van der Waals surface area contributed by atoms with Crippen molar-refractivity contribution in [2.45, 2.75) is 23.1 Å². The van der Waals surface area contributed by atoms with Gasteiger partial charge < -0.3 is 24.0 Å². The molecule has 154 valence electrons. The number of nitrogens with one attached hydrogen (secondary N) is 1. The van der Waals surface area contributed by atoms with Crippen LogP contribution in [0.2, 0.25) is 0 Å². The highest BCUT2D eigenvalue weighted by molar-refractivity contribution is 7.95. The summed E-state index contributed by atoms with van der Waals surface area (Å²) >= 11 is 0. The number of sulfonamides is 1. The Morgan fingerprint density at radius 2 is 1.24 bits per heavy atom. The summed E-state index contributed by atoms with van der Waals surface area (Å²) in [7, 11) is -3.71. The molecule has 0 fully saturated rings. The Bertz CT molecular complexity index is 992. The molecule has 0 aromatic heterocycles. The van der Waals surface area contributed by atoms with Crippen molar-refractivity contribution in [3.8, 4) is 0 Å². The van der Waals surface area contributed by atoms with Crippen molar-refractivity contribution in [2.75, 3.05) is 12.5 Å². The van der Waals surface area contributed by atoms with Crippen LogP contribution in [0.1, 0.15) is 28.0 Å². The van der Waals surface area contributed by atoms with Gasteiger partial charge >= 0.3 is 0 Å². The van der Waals surface area contributed by atoms with Crippen molar-refractivity contribution in [2.24, 2.45) is 0 Å². The monoisotopic (exact) mass is 539 g/mol. The summed E-state index contributed by atoms with van der Waals surface area (Å²) in [6.45, 7) is 1.95. The first kappa shape index (κ1) is 23.9. The molecular formula is C23H26INO2S2. The number of benzene rings is 3. The van der Waals surface area contributed by atoms with Gasteiger partial charge in [-0.2, -0.15) is 4.72 Å². The minimum atomic E-state index is -3.66. The molecule has 0 spiro atoms. The third-order valence-electron chi connectivity index (χ3n) is 4.71. The molecule has 3 rings (SSSR count). The van der Waals surface area contributed by atoms with Crippen LogP contribution in [-0.4, -0.2) is 20.9 Å². The van der Waals surface area contributed by atoms with E-state index in [1.165, 1.54) is 0 Å². The molecular weight excluding hydrogens is 513 g/mol. The zero-order chi connectivity index (χ0) is 20.1. The topological polar surface area (TPSA) is 46.2 Å². The van der Waals surface area contributed by atoms with E-state index in [0.29, 0.717) is 0 Å². The van der Waals surface area contributed by atoms with Crippen molar-refractivity contribution >= 4 is 20.9 Å². The molecule has 0 amide bonds.